The third kappa shape index (κ3) is 7.85. The summed E-state index contributed by atoms with van der Waals surface area (Å²) in [5, 5.41) is 0.840. The number of rotatable bonds is 11. The van der Waals surface area contributed by atoms with Crippen LogP contribution in [0.3, 0.4) is 0 Å². The maximum Gasteiger partial charge on any atom is 0.104 e. The quantitative estimate of drug-likeness (QED) is 0.540. The molecule has 22 heavy (non-hydrogen) atoms. The highest BCUT2D eigenvalue weighted by Gasteiger charge is 2.26. The first-order chi connectivity index (χ1) is 10.2. The highest BCUT2D eigenvalue weighted by atomic mass is 35.5. The van der Waals surface area contributed by atoms with Gasteiger partial charge in [-0.15, -0.1) is 0 Å². The fraction of sp³-hybridized carbons (Fsp3) is 0.684. The normalized spacial score (nSPS) is 11.3. The van der Waals surface area contributed by atoms with Crippen molar-refractivity contribution >= 4 is 11.6 Å². The van der Waals surface area contributed by atoms with Crippen LogP contribution in [-0.4, -0.2) is 24.1 Å². The van der Waals surface area contributed by atoms with Crippen LogP contribution in [0.4, 0.5) is 0 Å². The molecule has 0 fully saturated rings. The van der Waals surface area contributed by atoms with Crippen molar-refractivity contribution in [3.8, 4) is 0 Å². The lowest BCUT2D eigenvalue weighted by molar-refractivity contribution is -0.941. The third-order valence-corrected chi connectivity index (χ3v) is 4.64. The van der Waals surface area contributed by atoms with Crippen LogP contribution in [-0.2, 0) is 6.54 Å². The van der Waals surface area contributed by atoms with Crippen LogP contribution in [0.15, 0.2) is 24.3 Å². The summed E-state index contributed by atoms with van der Waals surface area (Å²) in [6, 6.07) is 8.48. The Morgan fingerprint density at radius 2 is 1.18 bits per heavy atom. The summed E-state index contributed by atoms with van der Waals surface area (Å²) in [5.74, 6) is 0. The van der Waals surface area contributed by atoms with Crippen LogP contribution in [0.1, 0.15) is 64.9 Å². The molecule has 1 nitrogen and oxygen atoms in total. The zero-order valence-electron chi connectivity index (χ0n) is 14.6. The van der Waals surface area contributed by atoms with Gasteiger partial charge in [0.25, 0.3) is 0 Å². The summed E-state index contributed by atoms with van der Waals surface area (Å²) in [7, 11) is 0. The molecular formula is C19H33Cl2N. The summed E-state index contributed by atoms with van der Waals surface area (Å²) in [4.78, 5) is 0. The number of nitrogens with zero attached hydrogens (tertiary/aromatic N) is 1. The van der Waals surface area contributed by atoms with E-state index in [0.717, 1.165) is 11.6 Å². The van der Waals surface area contributed by atoms with Crippen molar-refractivity contribution in [1.82, 2.24) is 0 Å². The van der Waals surface area contributed by atoms with Gasteiger partial charge in [-0.25, -0.2) is 0 Å². The van der Waals surface area contributed by atoms with Gasteiger partial charge in [0.2, 0.25) is 0 Å². The molecule has 0 heterocycles. The molecule has 0 N–H and O–H groups in total. The summed E-state index contributed by atoms with van der Waals surface area (Å²) in [6.07, 6.45) is 7.87. The molecule has 0 radical (unpaired) electrons. The van der Waals surface area contributed by atoms with E-state index in [0.29, 0.717) is 0 Å². The second kappa shape index (κ2) is 12.2. The molecule has 0 aliphatic rings. The summed E-state index contributed by atoms with van der Waals surface area (Å²) < 4.78 is 1.26. The maximum atomic E-state index is 6.03. The molecule has 0 spiro atoms. The van der Waals surface area contributed by atoms with Crippen LogP contribution >= 0.6 is 11.6 Å². The minimum atomic E-state index is 0. The Bertz CT molecular complexity index is 354. The molecule has 0 amide bonds. The van der Waals surface area contributed by atoms with Crippen LogP contribution in [0.25, 0.3) is 0 Å². The predicted molar refractivity (Wildman–Crippen MR) is 94.7 cm³/mol. The number of benzene rings is 1. The molecule has 0 bridgehead atoms. The molecule has 0 atom stereocenters. The molecule has 0 aliphatic heterocycles. The predicted octanol–water partition coefficient (Wildman–Crippen LogP) is 3.06. The monoisotopic (exact) mass is 345 g/mol. The highest BCUT2D eigenvalue weighted by Crippen LogP contribution is 2.21. The van der Waals surface area contributed by atoms with Crippen molar-refractivity contribution in [3.05, 3.63) is 34.9 Å². The average Bonchev–Trinajstić information content (AvgIpc) is 2.51. The van der Waals surface area contributed by atoms with Crippen LogP contribution in [0.2, 0.25) is 5.02 Å². The largest absolute Gasteiger partial charge is 1.00 e. The van der Waals surface area contributed by atoms with Gasteiger partial charge in [0.1, 0.15) is 6.54 Å². The van der Waals surface area contributed by atoms with Gasteiger partial charge in [-0.3, -0.25) is 0 Å². The van der Waals surface area contributed by atoms with E-state index in [9.17, 15) is 0 Å². The van der Waals surface area contributed by atoms with Gasteiger partial charge < -0.3 is 16.9 Å². The van der Waals surface area contributed by atoms with Gasteiger partial charge in [-0.05, 0) is 31.4 Å². The van der Waals surface area contributed by atoms with E-state index in [4.69, 9.17) is 11.6 Å². The molecule has 0 saturated carbocycles. The van der Waals surface area contributed by atoms with E-state index in [1.54, 1.807) is 0 Å². The lowest BCUT2D eigenvalue weighted by Gasteiger charge is -2.39. The van der Waals surface area contributed by atoms with Crippen LogP contribution in [0.5, 0.6) is 0 Å². The van der Waals surface area contributed by atoms with E-state index >= 15 is 0 Å². The van der Waals surface area contributed by atoms with Crippen molar-refractivity contribution in [3.63, 3.8) is 0 Å². The number of hydrogen-bond acceptors (Lipinski definition) is 0. The van der Waals surface area contributed by atoms with Crippen molar-refractivity contribution in [1.29, 1.82) is 0 Å². The zero-order valence-corrected chi connectivity index (χ0v) is 16.1. The summed E-state index contributed by atoms with van der Waals surface area (Å²) >= 11 is 6.03. The Morgan fingerprint density at radius 3 is 1.55 bits per heavy atom. The molecule has 128 valence electrons. The Hall–Kier alpha value is -0.240. The summed E-state index contributed by atoms with van der Waals surface area (Å²) in [6.45, 7) is 12.0. The second-order valence-electron chi connectivity index (χ2n) is 6.36. The maximum absolute atomic E-state index is 6.03. The number of quaternary nitrogens is 1. The summed E-state index contributed by atoms with van der Waals surface area (Å²) in [5.41, 5.74) is 1.43. The average molecular weight is 346 g/mol. The molecule has 1 rings (SSSR count). The number of hydrogen-bond donors (Lipinski definition) is 0. The van der Waals surface area contributed by atoms with Gasteiger partial charge in [0.15, 0.2) is 0 Å². The molecule has 0 unspecified atom stereocenters. The minimum absolute atomic E-state index is 0. The first-order valence-corrected chi connectivity index (χ1v) is 9.13. The first-order valence-electron chi connectivity index (χ1n) is 8.75. The van der Waals surface area contributed by atoms with E-state index in [1.807, 2.05) is 12.1 Å². The first kappa shape index (κ1) is 21.8. The lowest BCUT2D eigenvalue weighted by Crippen LogP contribution is -3.00. The Labute approximate surface area is 149 Å². The van der Waals surface area contributed by atoms with Crippen LogP contribution in [0, 0.1) is 0 Å². The van der Waals surface area contributed by atoms with Gasteiger partial charge in [-0.2, -0.15) is 0 Å². The third-order valence-electron chi connectivity index (χ3n) is 4.39. The smallest absolute Gasteiger partial charge is 0.104 e. The fourth-order valence-corrected chi connectivity index (χ4v) is 3.16. The Kier molecular flexibility index (Phi) is 12.1. The SMILES string of the molecule is CCCC[N+](CCCC)(CCCC)Cc1ccc(Cl)cc1.[Cl-]. The fourth-order valence-electron chi connectivity index (χ4n) is 3.03. The Balaban J connectivity index is 0.00000441. The molecule has 3 heteroatoms. The van der Waals surface area contributed by atoms with E-state index in [2.05, 4.69) is 32.9 Å². The molecule has 0 aliphatic carbocycles. The van der Waals surface area contributed by atoms with Gasteiger partial charge >= 0.3 is 0 Å². The van der Waals surface area contributed by atoms with Gasteiger partial charge in [0, 0.05) is 10.6 Å². The molecular weight excluding hydrogens is 313 g/mol. The topological polar surface area (TPSA) is 0 Å². The van der Waals surface area contributed by atoms with Gasteiger partial charge in [0.05, 0.1) is 19.6 Å². The highest BCUT2D eigenvalue weighted by molar-refractivity contribution is 6.30. The minimum Gasteiger partial charge on any atom is -1.00 e. The van der Waals surface area contributed by atoms with Gasteiger partial charge in [-0.1, -0.05) is 63.8 Å². The molecule has 0 aromatic heterocycles. The molecule has 1 aromatic rings. The van der Waals surface area contributed by atoms with E-state index in [-0.39, 0.29) is 12.4 Å². The van der Waals surface area contributed by atoms with Crippen molar-refractivity contribution in [2.24, 2.45) is 0 Å². The Morgan fingerprint density at radius 1 is 0.773 bits per heavy atom. The molecule has 1 aromatic carbocycles. The zero-order chi connectivity index (χ0) is 15.6. The van der Waals surface area contributed by atoms with Crippen molar-refractivity contribution < 1.29 is 16.9 Å². The van der Waals surface area contributed by atoms with Crippen molar-refractivity contribution in [2.75, 3.05) is 19.6 Å². The second-order valence-corrected chi connectivity index (χ2v) is 6.79. The number of unbranched alkanes of at least 4 members (excludes halogenated alkanes) is 3. The van der Waals surface area contributed by atoms with E-state index in [1.165, 1.54) is 68.2 Å². The van der Waals surface area contributed by atoms with E-state index < -0.39 is 0 Å². The van der Waals surface area contributed by atoms with Crippen molar-refractivity contribution in [2.45, 2.75) is 65.8 Å². The number of halogens is 2. The lowest BCUT2D eigenvalue weighted by atomic mass is 10.1. The van der Waals surface area contributed by atoms with Crippen LogP contribution < -0.4 is 12.4 Å². The molecule has 0 saturated heterocycles. The standard InChI is InChI=1S/C19H33ClN.ClH/c1-4-7-14-21(15-8-5-2,16-9-6-3)17-18-10-12-19(20)13-11-18;/h10-13H,4-9,14-17H2,1-3H3;1H/q+1;/p-1.